The smallest absolute Gasteiger partial charge is 0.384 e. The number of rotatable bonds is 8. The molecule has 0 radical (unpaired) electrons. The lowest BCUT2D eigenvalue weighted by Crippen LogP contribution is -2.71. The van der Waals surface area contributed by atoms with Crippen molar-refractivity contribution in [2.75, 3.05) is 28.8 Å². The average molecular weight is 574 g/mol. The first-order valence-corrected chi connectivity index (χ1v) is 13.7. The van der Waals surface area contributed by atoms with Gasteiger partial charge < -0.3 is 21.0 Å². The Balaban J connectivity index is 1.40. The lowest BCUT2D eigenvalue weighted by molar-refractivity contribution is -0.682. The van der Waals surface area contributed by atoms with Crippen LogP contribution in [0.5, 0.6) is 0 Å². The number of thioether (sulfide) groups is 3. The minimum absolute atomic E-state index is 0.0125. The standard InChI is InChI=1S/C20H18Cl2N6O4S3/c21-10-1-2-11(22)12(5-10)33-8-14(29)26-15-17(30)28-16(19(31)32)9(6-34-18(15)28)7-35-20-25-13(23)3-4-27(20)24/h1-5,15,18,23H,6-8,24H2,(H2,26,29,31,32)/t15-,18-/m1/s1. The maximum Gasteiger partial charge on any atom is 0.384 e. The molecule has 0 aliphatic carbocycles. The lowest BCUT2D eigenvalue weighted by Gasteiger charge is -2.50. The summed E-state index contributed by atoms with van der Waals surface area (Å²) in [5.74, 6) is 4.30. The highest BCUT2D eigenvalue weighted by Gasteiger charge is 2.52. The number of aromatic nitrogens is 2. The number of hydrogen-bond acceptors (Lipinski definition) is 10. The van der Waals surface area contributed by atoms with Gasteiger partial charge in [0.2, 0.25) is 11.7 Å². The first-order chi connectivity index (χ1) is 16.7. The summed E-state index contributed by atoms with van der Waals surface area (Å²) in [6.45, 7) is 0. The third kappa shape index (κ3) is 5.59. The third-order valence-corrected chi connectivity index (χ3v) is 9.16. The van der Waals surface area contributed by atoms with Crippen molar-refractivity contribution in [2.45, 2.75) is 21.5 Å². The van der Waals surface area contributed by atoms with Gasteiger partial charge in [-0.3, -0.25) is 20.3 Å². The van der Waals surface area contributed by atoms with Crippen LogP contribution in [0, 0.1) is 0 Å². The Morgan fingerprint density at radius 3 is 2.83 bits per heavy atom. The first-order valence-electron chi connectivity index (χ1n) is 9.97. The number of benzene rings is 1. The zero-order valence-electron chi connectivity index (χ0n) is 17.8. The second-order valence-electron chi connectivity index (χ2n) is 7.39. The fourth-order valence-corrected chi connectivity index (χ4v) is 7.11. The molecule has 1 aromatic carbocycles. The molecule has 5 N–H and O–H groups in total. The summed E-state index contributed by atoms with van der Waals surface area (Å²) in [6, 6.07) is 5.62. The number of β-lactam (4-membered cyclic amide) rings is 1. The summed E-state index contributed by atoms with van der Waals surface area (Å²) in [5, 5.41) is 15.4. The number of amides is 2. The molecule has 0 saturated carbocycles. The molecular formula is C20H18Cl2N6O4S3. The predicted octanol–water partition coefficient (Wildman–Crippen LogP) is 0.260. The molecule has 15 heteroatoms. The van der Waals surface area contributed by atoms with E-state index in [9.17, 15) is 19.5 Å². The molecule has 2 aliphatic rings. The number of nitrogen functional groups attached to an aromatic ring is 2. The number of carboxylic acid groups (broad SMARTS) is 1. The largest absolute Gasteiger partial charge is 0.543 e. The van der Waals surface area contributed by atoms with Crippen molar-refractivity contribution in [3.8, 4) is 0 Å². The van der Waals surface area contributed by atoms with Gasteiger partial charge in [0, 0.05) is 27.5 Å². The second kappa shape index (κ2) is 10.7. The summed E-state index contributed by atoms with van der Waals surface area (Å²) in [7, 11) is 0. The van der Waals surface area contributed by atoms with E-state index < -0.39 is 23.3 Å². The van der Waals surface area contributed by atoms with Crippen LogP contribution in [0.2, 0.25) is 10.0 Å². The van der Waals surface area contributed by atoms with Crippen molar-refractivity contribution in [3.63, 3.8) is 0 Å². The van der Waals surface area contributed by atoms with Crippen LogP contribution in [0.25, 0.3) is 0 Å². The minimum Gasteiger partial charge on any atom is -0.543 e. The van der Waals surface area contributed by atoms with E-state index in [1.54, 1.807) is 18.2 Å². The number of halogens is 2. The van der Waals surface area contributed by atoms with E-state index in [0.29, 0.717) is 31.4 Å². The number of nitrogens with zero attached hydrogens (tertiary/aromatic N) is 3. The van der Waals surface area contributed by atoms with Gasteiger partial charge in [0.15, 0.2) is 0 Å². The molecule has 10 nitrogen and oxygen atoms in total. The maximum absolute atomic E-state index is 12.8. The Bertz CT molecular complexity index is 1250. The van der Waals surface area contributed by atoms with Gasteiger partial charge in [0.05, 0.1) is 22.4 Å². The number of fused-ring (bicyclic) bond motifs is 1. The fraction of sp³-hybridized carbons (Fsp3) is 0.250. The summed E-state index contributed by atoms with van der Waals surface area (Å²) in [6.07, 6.45) is 1.54. The number of anilines is 1. The van der Waals surface area contributed by atoms with E-state index in [2.05, 4.69) is 10.3 Å². The van der Waals surface area contributed by atoms with Crippen molar-refractivity contribution in [3.05, 3.63) is 51.8 Å². The first kappa shape index (κ1) is 25.8. The Labute approximate surface area is 222 Å². The summed E-state index contributed by atoms with van der Waals surface area (Å²) in [4.78, 5) is 43.1. The van der Waals surface area contributed by atoms with Gasteiger partial charge in [-0.25, -0.2) is 0 Å². The molecule has 4 rings (SSSR count). The molecule has 1 aromatic heterocycles. The molecule has 2 aliphatic heterocycles. The van der Waals surface area contributed by atoms with E-state index in [1.165, 1.54) is 52.2 Å². The van der Waals surface area contributed by atoms with Crippen molar-refractivity contribution >= 4 is 82.1 Å². The van der Waals surface area contributed by atoms with E-state index in [-0.39, 0.29) is 28.9 Å². The summed E-state index contributed by atoms with van der Waals surface area (Å²) in [5.41, 5.74) is 5.99. The third-order valence-electron chi connectivity index (χ3n) is 5.04. The minimum atomic E-state index is -1.46. The number of nitrogens with two attached hydrogens (primary N) is 2. The molecule has 0 spiro atoms. The van der Waals surface area contributed by atoms with E-state index in [0.717, 1.165) is 4.90 Å². The highest BCUT2D eigenvalue weighted by molar-refractivity contribution is 8.01. The molecule has 1 saturated heterocycles. The van der Waals surface area contributed by atoms with Crippen LogP contribution >= 0.6 is 58.5 Å². The van der Waals surface area contributed by atoms with Crippen LogP contribution in [0.15, 0.2) is 51.8 Å². The Hall–Kier alpha value is -2.32. The molecule has 35 heavy (non-hydrogen) atoms. The van der Waals surface area contributed by atoms with Gasteiger partial charge in [-0.05, 0) is 40.5 Å². The molecule has 0 bridgehead atoms. The fourth-order valence-electron chi connectivity index (χ4n) is 3.41. The van der Waals surface area contributed by atoms with Crippen molar-refractivity contribution in [1.29, 1.82) is 0 Å². The summed E-state index contributed by atoms with van der Waals surface area (Å²) < 4.78 is 1.27. The highest BCUT2D eigenvalue weighted by atomic mass is 35.5. The van der Waals surface area contributed by atoms with Crippen molar-refractivity contribution in [1.82, 2.24) is 15.2 Å². The number of aliphatic carboxylic acids is 1. The normalized spacial score (nSPS) is 19.3. The Kier molecular flexibility index (Phi) is 7.91. The highest BCUT2D eigenvalue weighted by Crippen LogP contribution is 2.41. The Morgan fingerprint density at radius 1 is 1.31 bits per heavy atom. The molecule has 3 heterocycles. The van der Waals surface area contributed by atoms with Gasteiger partial charge >= 0.3 is 5.16 Å². The van der Waals surface area contributed by atoms with Crippen LogP contribution < -0.4 is 26.7 Å². The van der Waals surface area contributed by atoms with Crippen molar-refractivity contribution in [2.24, 2.45) is 0 Å². The number of hydrogen-bond donors (Lipinski definition) is 3. The molecule has 2 atom stereocenters. The van der Waals surface area contributed by atoms with Gasteiger partial charge in [-0.2, -0.15) is 0 Å². The van der Waals surface area contributed by atoms with Crippen LogP contribution in [0.4, 0.5) is 5.82 Å². The van der Waals surface area contributed by atoms with Crippen LogP contribution in [-0.2, 0) is 14.4 Å². The number of carboxylic acids is 1. The zero-order chi connectivity index (χ0) is 25.3. The lowest BCUT2D eigenvalue weighted by atomic mass is 10.0. The molecule has 2 aromatic rings. The molecule has 1 fully saturated rings. The van der Waals surface area contributed by atoms with Crippen LogP contribution in [0.1, 0.15) is 0 Å². The van der Waals surface area contributed by atoms with Crippen LogP contribution in [-0.4, -0.2) is 56.3 Å². The molecule has 184 valence electrons. The van der Waals surface area contributed by atoms with Crippen LogP contribution in [0.3, 0.4) is 0 Å². The molecule has 0 unspecified atom stereocenters. The predicted molar refractivity (Wildman–Crippen MR) is 134 cm³/mol. The monoisotopic (exact) mass is 572 g/mol. The molecule has 2 amide bonds. The number of nitrogens with one attached hydrogen (secondary N) is 1. The van der Waals surface area contributed by atoms with Gasteiger partial charge in [-0.15, -0.1) is 28.2 Å². The average Bonchev–Trinajstić information content (AvgIpc) is 2.82. The number of carbonyl (C=O) groups is 3. The van der Waals surface area contributed by atoms with E-state index in [4.69, 9.17) is 34.8 Å². The van der Waals surface area contributed by atoms with Gasteiger partial charge in [0.1, 0.15) is 17.6 Å². The van der Waals surface area contributed by atoms with Crippen molar-refractivity contribution < 1.29 is 24.2 Å². The number of carbonyl (C=O) groups excluding carboxylic acids is 3. The topological polar surface area (TPSA) is 158 Å². The van der Waals surface area contributed by atoms with E-state index >= 15 is 0 Å². The molecular weight excluding hydrogens is 555 g/mol. The second-order valence-corrected chi connectivity index (χ2v) is 11.3. The SMILES string of the molecule is Nc1cc[n+](N)c(SCC2=C(C(=O)[O-])N3C(=O)[C@@H](NC(=O)CSc4cc(Cl)ccc4Cl)[C@H]3SC2)n1. The van der Waals surface area contributed by atoms with Gasteiger partial charge in [-0.1, -0.05) is 23.2 Å². The van der Waals surface area contributed by atoms with E-state index in [1.807, 2.05) is 0 Å². The van der Waals surface area contributed by atoms with Gasteiger partial charge in [0.25, 0.3) is 5.91 Å². The quantitative estimate of drug-likeness (QED) is 0.132. The maximum atomic E-state index is 12.8. The Morgan fingerprint density at radius 2 is 2.09 bits per heavy atom. The zero-order valence-corrected chi connectivity index (χ0v) is 21.7. The summed E-state index contributed by atoms with van der Waals surface area (Å²) >= 11 is 15.8.